The van der Waals surface area contributed by atoms with Gasteiger partial charge in [-0.05, 0) is 19.4 Å². The molecule has 0 fully saturated rings. The molecular formula is C9H13BrO2. The minimum Gasteiger partial charge on any atom is -0.367 e. The van der Waals surface area contributed by atoms with Crippen molar-refractivity contribution in [3.63, 3.8) is 0 Å². The second kappa shape index (κ2) is 4.21. The van der Waals surface area contributed by atoms with Crippen molar-refractivity contribution in [2.45, 2.75) is 19.6 Å². The molecule has 1 aliphatic rings. The van der Waals surface area contributed by atoms with E-state index in [9.17, 15) is 5.11 Å². The van der Waals surface area contributed by atoms with Gasteiger partial charge in [0.1, 0.15) is 0 Å². The first-order valence-corrected chi connectivity index (χ1v) is 4.69. The summed E-state index contributed by atoms with van der Waals surface area (Å²) >= 11 is 3.39. The van der Waals surface area contributed by atoms with Gasteiger partial charge in [0.05, 0.1) is 0 Å². The molecule has 0 bridgehead atoms. The molecule has 1 rings (SSSR count). The van der Waals surface area contributed by atoms with Crippen molar-refractivity contribution in [1.82, 2.24) is 0 Å². The summed E-state index contributed by atoms with van der Waals surface area (Å²) < 4.78 is 5.95. The van der Waals surface area contributed by atoms with E-state index in [4.69, 9.17) is 4.74 Å². The van der Waals surface area contributed by atoms with E-state index in [0.29, 0.717) is 0 Å². The van der Waals surface area contributed by atoms with Crippen molar-refractivity contribution in [2.75, 3.05) is 7.11 Å². The molecule has 1 aliphatic carbocycles. The number of methoxy groups -OCH3 is 1. The Morgan fingerprint density at radius 1 is 1.75 bits per heavy atom. The van der Waals surface area contributed by atoms with Gasteiger partial charge in [0, 0.05) is 17.5 Å². The SMILES string of the molecule is COC(O)C1CC=C(Br)C=C1C. The third-order valence-corrected chi connectivity index (χ3v) is 2.66. The molecular weight excluding hydrogens is 220 g/mol. The Balaban J connectivity index is 2.67. The molecule has 2 unspecified atom stereocenters. The fraction of sp³-hybridized carbons (Fsp3) is 0.556. The van der Waals surface area contributed by atoms with Gasteiger partial charge in [-0.1, -0.05) is 27.6 Å². The average Bonchev–Trinajstić information content (AvgIpc) is 2.03. The van der Waals surface area contributed by atoms with Gasteiger partial charge in [-0.3, -0.25) is 0 Å². The number of aliphatic hydroxyl groups is 1. The van der Waals surface area contributed by atoms with Gasteiger partial charge in [0.2, 0.25) is 0 Å². The Kier molecular flexibility index (Phi) is 3.50. The first kappa shape index (κ1) is 9.96. The number of hydrogen-bond donors (Lipinski definition) is 1. The van der Waals surface area contributed by atoms with Gasteiger partial charge >= 0.3 is 0 Å². The lowest BCUT2D eigenvalue weighted by atomic mass is 9.92. The van der Waals surface area contributed by atoms with E-state index in [1.54, 1.807) is 0 Å². The zero-order valence-electron chi connectivity index (χ0n) is 7.25. The van der Waals surface area contributed by atoms with E-state index in [2.05, 4.69) is 15.9 Å². The van der Waals surface area contributed by atoms with Gasteiger partial charge < -0.3 is 9.84 Å². The minimum atomic E-state index is -0.682. The first-order valence-electron chi connectivity index (χ1n) is 3.90. The van der Waals surface area contributed by atoms with Crippen LogP contribution in [0.4, 0.5) is 0 Å². The van der Waals surface area contributed by atoms with Crippen molar-refractivity contribution in [3.8, 4) is 0 Å². The highest BCUT2D eigenvalue weighted by Crippen LogP contribution is 2.28. The monoisotopic (exact) mass is 232 g/mol. The Morgan fingerprint density at radius 3 is 2.92 bits per heavy atom. The summed E-state index contributed by atoms with van der Waals surface area (Å²) in [5, 5.41) is 9.43. The highest BCUT2D eigenvalue weighted by atomic mass is 79.9. The van der Waals surface area contributed by atoms with Crippen molar-refractivity contribution in [1.29, 1.82) is 0 Å². The number of ether oxygens (including phenoxy) is 1. The lowest BCUT2D eigenvalue weighted by molar-refractivity contribution is -0.102. The maximum absolute atomic E-state index is 9.43. The van der Waals surface area contributed by atoms with Crippen LogP contribution < -0.4 is 0 Å². The van der Waals surface area contributed by atoms with E-state index in [0.717, 1.165) is 16.5 Å². The minimum absolute atomic E-state index is 0.108. The molecule has 0 aromatic heterocycles. The van der Waals surface area contributed by atoms with Crippen LogP contribution in [0.15, 0.2) is 22.2 Å². The average molecular weight is 233 g/mol. The Morgan fingerprint density at radius 2 is 2.42 bits per heavy atom. The van der Waals surface area contributed by atoms with Crippen LogP contribution >= 0.6 is 15.9 Å². The molecule has 0 aromatic rings. The molecule has 0 saturated heterocycles. The van der Waals surface area contributed by atoms with Gasteiger partial charge in [0.25, 0.3) is 0 Å². The van der Waals surface area contributed by atoms with Crippen LogP contribution in [0.25, 0.3) is 0 Å². The van der Waals surface area contributed by atoms with Crippen molar-refractivity contribution in [2.24, 2.45) is 5.92 Å². The molecule has 0 amide bonds. The second-order valence-corrected chi connectivity index (χ2v) is 3.86. The zero-order chi connectivity index (χ0) is 9.14. The maximum Gasteiger partial charge on any atom is 0.160 e. The summed E-state index contributed by atoms with van der Waals surface area (Å²) in [6.07, 6.45) is 4.20. The van der Waals surface area contributed by atoms with Crippen molar-refractivity contribution in [3.05, 3.63) is 22.2 Å². The van der Waals surface area contributed by atoms with Crippen molar-refractivity contribution < 1.29 is 9.84 Å². The predicted octanol–water partition coefficient (Wildman–Crippen LogP) is 2.20. The van der Waals surface area contributed by atoms with E-state index >= 15 is 0 Å². The number of hydrogen-bond acceptors (Lipinski definition) is 2. The van der Waals surface area contributed by atoms with Crippen LogP contribution in [0.5, 0.6) is 0 Å². The first-order chi connectivity index (χ1) is 5.65. The predicted molar refractivity (Wildman–Crippen MR) is 51.9 cm³/mol. The third kappa shape index (κ3) is 2.19. The van der Waals surface area contributed by atoms with Crippen LogP contribution in [0.3, 0.4) is 0 Å². The fourth-order valence-electron chi connectivity index (χ4n) is 1.31. The number of halogens is 1. The van der Waals surface area contributed by atoms with E-state index < -0.39 is 6.29 Å². The Labute approximate surface area is 81.0 Å². The van der Waals surface area contributed by atoms with E-state index in [1.165, 1.54) is 7.11 Å². The van der Waals surface area contributed by atoms with E-state index in [-0.39, 0.29) is 5.92 Å². The van der Waals surface area contributed by atoms with Crippen molar-refractivity contribution >= 4 is 15.9 Å². The highest BCUT2D eigenvalue weighted by Gasteiger charge is 2.21. The summed E-state index contributed by atoms with van der Waals surface area (Å²) in [5.74, 6) is 0.108. The standard InChI is InChI=1S/C9H13BrO2/c1-6-5-7(10)3-4-8(6)9(11)12-2/h3,5,8-9,11H,4H2,1-2H3. The topological polar surface area (TPSA) is 29.5 Å². The molecule has 0 aromatic carbocycles. The molecule has 12 heavy (non-hydrogen) atoms. The molecule has 2 nitrogen and oxygen atoms in total. The molecule has 0 aliphatic heterocycles. The summed E-state index contributed by atoms with van der Waals surface area (Å²) in [5.41, 5.74) is 1.15. The van der Waals surface area contributed by atoms with Gasteiger partial charge in [0.15, 0.2) is 6.29 Å². The Hall–Kier alpha value is -0.120. The van der Waals surface area contributed by atoms with Crippen LogP contribution in [0.2, 0.25) is 0 Å². The second-order valence-electron chi connectivity index (χ2n) is 2.95. The lowest BCUT2D eigenvalue weighted by Crippen LogP contribution is -2.24. The molecule has 3 heteroatoms. The van der Waals surface area contributed by atoms with Crippen LogP contribution in [0, 0.1) is 5.92 Å². The summed E-state index contributed by atoms with van der Waals surface area (Å²) in [7, 11) is 1.52. The zero-order valence-corrected chi connectivity index (χ0v) is 8.84. The summed E-state index contributed by atoms with van der Waals surface area (Å²) in [6, 6.07) is 0. The summed E-state index contributed by atoms with van der Waals surface area (Å²) in [6.45, 7) is 2.00. The van der Waals surface area contributed by atoms with Gasteiger partial charge in [-0.25, -0.2) is 0 Å². The lowest BCUT2D eigenvalue weighted by Gasteiger charge is -2.23. The highest BCUT2D eigenvalue weighted by molar-refractivity contribution is 9.11. The molecule has 0 saturated carbocycles. The molecule has 0 spiro atoms. The van der Waals surface area contributed by atoms with Crippen LogP contribution in [0.1, 0.15) is 13.3 Å². The molecule has 0 radical (unpaired) electrons. The molecule has 1 N–H and O–H groups in total. The number of allylic oxidation sites excluding steroid dienone is 3. The normalized spacial score (nSPS) is 26.2. The quantitative estimate of drug-likeness (QED) is 0.741. The van der Waals surface area contributed by atoms with Gasteiger partial charge in [-0.15, -0.1) is 0 Å². The third-order valence-electron chi connectivity index (χ3n) is 2.10. The molecule has 0 heterocycles. The molecule has 68 valence electrons. The smallest absolute Gasteiger partial charge is 0.160 e. The van der Waals surface area contributed by atoms with E-state index in [1.807, 2.05) is 19.1 Å². The largest absolute Gasteiger partial charge is 0.367 e. The molecule has 2 atom stereocenters. The maximum atomic E-state index is 9.43. The Bertz CT molecular complexity index is 221. The van der Waals surface area contributed by atoms with Crippen LogP contribution in [-0.4, -0.2) is 18.5 Å². The number of aliphatic hydroxyl groups excluding tert-OH is 1. The fourth-order valence-corrected chi connectivity index (χ4v) is 1.86. The summed E-state index contributed by atoms with van der Waals surface area (Å²) in [4.78, 5) is 0. The van der Waals surface area contributed by atoms with Crippen LogP contribution in [-0.2, 0) is 4.74 Å². The number of rotatable bonds is 2. The van der Waals surface area contributed by atoms with Gasteiger partial charge in [-0.2, -0.15) is 0 Å².